The van der Waals surface area contributed by atoms with Gasteiger partial charge in [0.15, 0.2) is 0 Å². The zero-order valence-corrected chi connectivity index (χ0v) is 12.7. The highest BCUT2D eigenvalue weighted by Crippen LogP contribution is 2.38. The van der Waals surface area contributed by atoms with E-state index in [1.807, 2.05) is 30.3 Å². The number of rotatable bonds is 1. The van der Waals surface area contributed by atoms with Gasteiger partial charge in [0.2, 0.25) is 0 Å². The smallest absolute Gasteiger partial charge is 0.128 e. The van der Waals surface area contributed by atoms with Crippen molar-refractivity contribution in [2.75, 3.05) is 0 Å². The zero-order chi connectivity index (χ0) is 15.2. The molecule has 0 spiro atoms. The van der Waals surface area contributed by atoms with E-state index in [0.717, 1.165) is 33.5 Å². The Labute approximate surface area is 130 Å². The molecular formula is C20H17NO. The first-order valence-electron chi connectivity index (χ1n) is 7.50. The SMILES string of the molecule is CC1(C)C=C(c2ccc3ccccc3n2)c2ccccc2O1. The highest BCUT2D eigenvalue weighted by Gasteiger charge is 2.27. The van der Waals surface area contributed by atoms with Crippen LogP contribution in [0.25, 0.3) is 16.5 Å². The predicted octanol–water partition coefficient (Wildman–Crippen LogP) is 4.84. The van der Waals surface area contributed by atoms with Gasteiger partial charge in [-0.15, -0.1) is 0 Å². The summed E-state index contributed by atoms with van der Waals surface area (Å²) in [5, 5.41) is 1.16. The van der Waals surface area contributed by atoms with Gasteiger partial charge in [0.1, 0.15) is 11.4 Å². The van der Waals surface area contributed by atoms with Crippen LogP contribution in [0.15, 0.2) is 66.7 Å². The van der Waals surface area contributed by atoms with E-state index in [9.17, 15) is 0 Å². The Kier molecular flexibility index (Phi) is 2.80. The maximum absolute atomic E-state index is 6.05. The van der Waals surface area contributed by atoms with Crippen molar-refractivity contribution in [3.63, 3.8) is 0 Å². The molecular weight excluding hydrogens is 270 g/mol. The molecule has 0 unspecified atom stereocenters. The lowest BCUT2D eigenvalue weighted by atomic mass is 9.92. The van der Waals surface area contributed by atoms with E-state index in [4.69, 9.17) is 9.72 Å². The van der Waals surface area contributed by atoms with Crippen LogP contribution in [0.5, 0.6) is 5.75 Å². The summed E-state index contributed by atoms with van der Waals surface area (Å²) in [5.41, 5.74) is 3.91. The minimum atomic E-state index is -0.336. The van der Waals surface area contributed by atoms with E-state index in [1.165, 1.54) is 0 Å². The van der Waals surface area contributed by atoms with Crippen LogP contribution in [0.4, 0.5) is 0 Å². The molecule has 2 heteroatoms. The number of benzene rings is 2. The molecule has 0 radical (unpaired) electrons. The molecule has 3 aromatic rings. The molecule has 2 heterocycles. The molecule has 108 valence electrons. The number of aromatic nitrogens is 1. The monoisotopic (exact) mass is 287 g/mol. The van der Waals surface area contributed by atoms with E-state index < -0.39 is 0 Å². The summed E-state index contributed by atoms with van der Waals surface area (Å²) in [6.45, 7) is 4.15. The Bertz CT molecular complexity index is 893. The van der Waals surface area contributed by atoms with Gasteiger partial charge in [-0.1, -0.05) is 42.5 Å². The highest BCUT2D eigenvalue weighted by atomic mass is 16.5. The normalized spacial score (nSPS) is 15.8. The van der Waals surface area contributed by atoms with Gasteiger partial charge in [0.05, 0.1) is 11.2 Å². The summed E-state index contributed by atoms with van der Waals surface area (Å²) in [7, 11) is 0. The van der Waals surface area contributed by atoms with Crippen LogP contribution in [0.2, 0.25) is 0 Å². The van der Waals surface area contributed by atoms with E-state index in [1.54, 1.807) is 0 Å². The van der Waals surface area contributed by atoms with Crippen molar-refractivity contribution in [3.05, 3.63) is 78.0 Å². The summed E-state index contributed by atoms with van der Waals surface area (Å²) in [6, 6.07) is 20.6. The van der Waals surface area contributed by atoms with Crippen LogP contribution in [-0.2, 0) is 0 Å². The van der Waals surface area contributed by atoms with Gasteiger partial charge >= 0.3 is 0 Å². The molecule has 0 N–H and O–H groups in total. The number of fused-ring (bicyclic) bond motifs is 2. The number of nitrogens with zero attached hydrogens (tertiary/aromatic N) is 1. The largest absolute Gasteiger partial charge is 0.483 e. The van der Waals surface area contributed by atoms with Crippen molar-refractivity contribution >= 4 is 16.5 Å². The first kappa shape index (κ1) is 13.1. The Morgan fingerprint density at radius 3 is 2.55 bits per heavy atom. The molecule has 1 aliphatic heterocycles. The Hall–Kier alpha value is -2.61. The second-order valence-electron chi connectivity index (χ2n) is 6.15. The minimum absolute atomic E-state index is 0.336. The standard InChI is InChI=1S/C20H17NO/c1-20(2)13-16(15-8-4-6-10-19(15)22-20)18-12-11-14-7-3-5-9-17(14)21-18/h3-13H,1-2H3. The summed E-state index contributed by atoms with van der Waals surface area (Å²) >= 11 is 0. The maximum Gasteiger partial charge on any atom is 0.128 e. The molecule has 1 aromatic heterocycles. The lowest BCUT2D eigenvalue weighted by Crippen LogP contribution is -2.29. The third-order valence-corrected chi connectivity index (χ3v) is 3.92. The second-order valence-corrected chi connectivity index (χ2v) is 6.15. The zero-order valence-electron chi connectivity index (χ0n) is 12.7. The van der Waals surface area contributed by atoms with Gasteiger partial charge < -0.3 is 4.74 Å². The Morgan fingerprint density at radius 2 is 1.64 bits per heavy atom. The molecule has 2 aromatic carbocycles. The first-order valence-corrected chi connectivity index (χ1v) is 7.50. The molecule has 1 aliphatic rings. The molecule has 0 saturated carbocycles. The third-order valence-electron chi connectivity index (χ3n) is 3.92. The van der Waals surface area contributed by atoms with Crippen LogP contribution < -0.4 is 4.74 Å². The highest BCUT2D eigenvalue weighted by molar-refractivity contribution is 5.87. The topological polar surface area (TPSA) is 22.1 Å². The number of ether oxygens (including phenoxy) is 1. The molecule has 0 aliphatic carbocycles. The van der Waals surface area contributed by atoms with Gasteiger partial charge in [0, 0.05) is 16.5 Å². The molecule has 0 amide bonds. The Morgan fingerprint density at radius 1 is 0.864 bits per heavy atom. The molecule has 4 rings (SSSR count). The minimum Gasteiger partial charge on any atom is -0.483 e. The molecule has 0 saturated heterocycles. The van der Waals surface area contributed by atoms with E-state index in [2.05, 4.69) is 50.3 Å². The number of para-hydroxylation sites is 2. The number of hydrogen-bond acceptors (Lipinski definition) is 2. The predicted molar refractivity (Wildman–Crippen MR) is 90.0 cm³/mol. The lowest BCUT2D eigenvalue weighted by molar-refractivity contribution is 0.158. The van der Waals surface area contributed by atoms with Crippen LogP contribution >= 0.6 is 0 Å². The summed E-state index contributed by atoms with van der Waals surface area (Å²) in [5.74, 6) is 0.917. The van der Waals surface area contributed by atoms with Crippen molar-refractivity contribution in [2.45, 2.75) is 19.4 Å². The van der Waals surface area contributed by atoms with Gasteiger partial charge in [0.25, 0.3) is 0 Å². The van der Waals surface area contributed by atoms with Crippen molar-refractivity contribution in [2.24, 2.45) is 0 Å². The molecule has 2 nitrogen and oxygen atoms in total. The van der Waals surface area contributed by atoms with Crippen LogP contribution in [0.1, 0.15) is 25.1 Å². The lowest BCUT2D eigenvalue weighted by Gasteiger charge is -2.31. The van der Waals surface area contributed by atoms with Gasteiger partial charge in [-0.2, -0.15) is 0 Å². The number of hydrogen-bond donors (Lipinski definition) is 0. The van der Waals surface area contributed by atoms with Gasteiger partial charge in [-0.05, 0) is 38.1 Å². The van der Waals surface area contributed by atoms with E-state index >= 15 is 0 Å². The summed E-state index contributed by atoms with van der Waals surface area (Å²) < 4.78 is 6.05. The molecule has 0 bridgehead atoms. The van der Waals surface area contributed by atoms with Crippen LogP contribution in [0, 0.1) is 0 Å². The van der Waals surface area contributed by atoms with Gasteiger partial charge in [-0.25, -0.2) is 4.98 Å². The van der Waals surface area contributed by atoms with Crippen molar-refractivity contribution < 1.29 is 4.74 Å². The van der Waals surface area contributed by atoms with Crippen LogP contribution in [0.3, 0.4) is 0 Å². The van der Waals surface area contributed by atoms with Gasteiger partial charge in [-0.3, -0.25) is 0 Å². The maximum atomic E-state index is 6.05. The molecule has 22 heavy (non-hydrogen) atoms. The van der Waals surface area contributed by atoms with Crippen molar-refractivity contribution in [3.8, 4) is 5.75 Å². The average Bonchev–Trinajstić information content (AvgIpc) is 2.53. The molecule has 0 atom stereocenters. The fourth-order valence-electron chi connectivity index (χ4n) is 2.94. The summed E-state index contributed by atoms with van der Waals surface area (Å²) in [6.07, 6.45) is 2.16. The number of pyridine rings is 1. The third kappa shape index (κ3) is 2.17. The van der Waals surface area contributed by atoms with E-state index in [-0.39, 0.29) is 5.60 Å². The quantitative estimate of drug-likeness (QED) is 0.639. The first-order chi connectivity index (χ1) is 10.6. The Balaban J connectivity index is 1.93. The van der Waals surface area contributed by atoms with Crippen LogP contribution in [-0.4, -0.2) is 10.6 Å². The fourth-order valence-corrected chi connectivity index (χ4v) is 2.94. The summed E-state index contributed by atoms with van der Waals surface area (Å²) in [4.78, 5) is 4.84. The average molecular weight is 287 g/mol. The van der Waals surface area contributed by atoms with Crippen molar-refractivity contribution in [1.82, 2.24) is 4.98 Å². The second kappa shape index (κ2) is 4.70. The fraction of sp³-hybridized carbons (Fsp3) is 0.150. The van der Waals surface area contributed by atoms with E-state index in [0.29, 0.717) is 0 Å². The van der Waals surface area contributed by atoms with Crippen molar-refractivity contribution in [1.29, 1.82) is 0 Å². The molecule has 0 fully saturated rings.